The van der Waals surface area contributed by atoms with Gasteiger partial charge in [0.2, 0.25) is 0 Å². The van der Waals surface area contributed by atoms with Crippen LogP contribution in [0, 0.1) is 11.3 Å². The second-order valence-corrected chi connectivity index (χ2v) is 10.4. The number of anilines is 1. The highest BCUT2D eigenvalue weighted by Crippen LogP contribution is 2.42. The lowest BCUT2D eigenvalue weighted by Gasteiger charge is -2.44. The van der Waals surface area contributed by atoms with Gasteiger partial charge in [-0.25, -0.2) is 4.79 Å². The Balaban J connectivity index is 1.80. The van der Waals surface area contributed by atoms with E-state index in [1.807, 2.05) is 25.4 Å². The molecule has 2 unspecified atom stereocenters. The van der Waals surface area contributed by atoms with Crippen LogP contribution >= 0.6 is 0 Å². The second-order valence-electron chi connectivity index (χ2n) is 10.4. The van der Waals surface area contributed by atoms with Crippen molar-refractivity contribution in [3.63, 3.8) is 0 Å². The summed E-state index contributed by atoms with van der Waals surface area (Å²) in [5, 5.41) is 19.9. The Hall–Kier alpha value is -4.12. The van der Waals surface area contributed by atoms with Gasteiger partial charge in [0.15, 0.2) is 0 Å². The highest BCUT2D eigenvalue weighted by atomic mass is 16.4. The maximum Gasteiger partial charge on any atom is 0.328 e. The molecule has 5 nitrogen and oxygen atoms in total. The number of rotatable bonds is 9. The topological polar surface area (TPSA) is 76.4 Å². The monoisotopic (exact) mass is 507 g/mol. The van der Waals surface area contributed by atoms with Gasteiger partial charge in [0.05, 0.1) is 6.04 Å². The van der Waals surface area contributed by atoms with Gasteiger partial charge in [-0.1, -0.05) is 68.4 Å². The summed E-state index contributed by atoms with van der Waals surface area (Å²) in [6.45, 7) is 6.76. The molecule has 0 saturated carbocycles. The third kappa shape index (κ3) is 6.05. The molecule has 3 aromatic carbocycles. The van der Waals surface area contributed by atoms with E-state index in [-0.39, 0.29) is 12.1 Å². The van der Waals surface area contributed by atoms with Crippen LogP contribution in [0.1, 0.15) is 60.2 Å². The SMILES string of the molecule is CN/C=C(\C=N)c1ccc2c(c1)CC(C)N(c1ccc(CC(C)C)cc1)C2c1ccc(/C=C/C(=O)O)cc1. The quantitative estimate of drug-likeness (QED) is 0.222. The second kappa shape index (κ2) is 12.0. The molecule has 0 aliphatic carbocycles. The van der Waals surface area contributed by atoms with Gasteiger partial charge < -0.3 is 20.7 Å². The van der Waals surface area contributed by atoms with Crippen molar-refractivity contribution in [2.24, 2.45) is 5.92 Å². The number of carbonyl (C=O) groups is 1. The van der Waals surface area contributed by atoms with Gasteiger partial charge in [-0.05, 0) is 77.3 Å². The molecule has 0 bridgehead atoms. The van der Waals surface area contributed by atoms with Crippen LogP contribution in [0.25, 0.3) is 11.6 Å². The summed E-state index contributed by atoms with van der Waals surface area (Å²) >= 11 is 0. The molecule has 196 valence electrons. The third-order valence-corrected chi connectivity index (χ3v) is 7.04. The standard InChI is InChI=1S/C33H37N3O2/c1-22(2)17-25-7-13-30(14-8-25)36-23(3)18-28-19-27(29(20-34)21-35-4)12-15-31(28)33(36)26-10-5-24(6-11-26)9-16-32(37)38/h5-16,19-23,33-35H,17-18H2,1-4H3,(H,37,38)/b16-9+,29-21+,34-20?. The molecule has 4 rings (SSSR count). The summed E-state index contributed by atoms with van der Waals surface area (Å²) in [5.41, 5.74) is 8.95. The summed E-state index contributed by atoms with van der Waals surface area (Å²) in [5.74, 6) is -0.344. The van der Waals surface area contributed by atoms with Crippen LogP contribution in [0.2, 0.25) is 0 Å². The highest BCUT2D eigenvalue weighted by molar-refractivity contribution is 6.08. The average Bonchev–Trinajstić information content (AvgIpc) is 2.90. The molecule has 5 heteroatoms. The Morgan fingerprint density at radius 1 is 1.11 bits per heavy atom. The number of carboxylic acids is 1. The number of carboxylic acid groups (broad SMARTS) is 1. The molecule has 0 spiro atoms. The van der Waals surface area contributed by atoms with Gasteiger partial charge in [-0.3, -0.25) is 0 Å². The summed E-state index contributed by atoms with van der Waals surface area (Å²) in [6.07, 6.45) is 7.99. The van der Waals surface area contributed by atoms with Crippen LogP contribution in [-0.2, 0) is 17.6 Å². The van der Waals surface area contributed by atoms with Crippen molar-refractivity contribution in [1.82, 2.24) is 5.32 Å². The van der Waals surface area contributed by atoms with Gasteiger partial charge in [-0.2, -0.15) is 0 Å². The molecule has 0 fully saturated rings. The van der Waals surface area contributed by atoms with Crippen molar-refractivity contribution < 1.29 is 9.90 Å². The van der Waals surface area contributed by atoms with Crippen LogP contribution in [-0.4, -0.2) is 30.4 Å². The zero-order valence-electron chi connectivity index (χ0n) is 22.6. The molecular formula is C33H37N3O2. The van der Waals surface area contributed by atoms with Crippen molar-refractivity contribution in [3.8, 4) is 0 Å². The number of benzene rings is 3. The summed E-state index contributed by atoms with van der Waals surface area (Å²) in [4.78, 5) is 13.5. The Bertz CT molecular complexity index is 1340. The van der Waals surface area contributed by atoms with Gasteiger partial charge in [0, 0.05) is 42.8 Å². The molecule has 1 aliphatic heterocycles. The molecule has 1 aliphatic rings. The Morgan fingerprint density at radius 2 is 1.82 bits per heavy atom. The first kappa shape index (κ1) is 26.9. The molecular weight excluding hydrogens is 470 g/mol. The lowest BCUT2D eigenvalue weighted by Crippen LogP contribution is -2.43. The van der Waals surface area contributed by atoms with Gasteiger partial charge in [0.25, 0.3) is 0 Å². The Labute approximate surface area is 226 Å². The Kier molecular flexibility index (Phi) is 8.47. The zero-order valence-corrected chi connectivity index (χ0v) is 22.6. The molecule has 0 radical (unpaired) electrons. The Morgan fingerprint density at radius 3 is 2.42 bits per heavy atom. The van der Waals surface area contributed by atoms with Crippen molar-refractivity contribution in [2.45, 2.75) is 45.7 Å². The molecule has 0 aromatic heterocycles. The minimum absolute atomic E-state index is 0.00737. The largest absolute Gasteiger partial charge is 0.478 e. The van der Waals surface area contributed by atoms with E-state index in [0.717, 1.165) is 35.1 Å². The fourth-order valence-electron chi connectivity index (χ4n) is 5.39. The van der Waals surface area contributed by atoms with Crippen LogP contribution in [0.4, 0.5) is 5.69 Å². The van der Waals surface area contributed by atoms with Crippen molar-refractivity contribution in [1.29, 1.82) is 5.41 Å². The first-order valence-electron chi connectivity index (χ1n) is 13.2. The minimum atomic E-state index is -0.955. The van der Waals surface area contributed by atoms with E-state index in [4.69, 9.17) is 10.5 Å². The van der Waals surface area contributed by atoms with E-state index in [9.17, 15) is 4.79 Å². The third-order valence-electron chi connectivity index (χ3n) is 7.04. The number of hydrogen-bond donors (Lipinski definition) is 3. The number of nitrogens with zero attached hydrogens (tertiary/aromatic N) is 1. The van der Waals surface area contributed by atoms with Gasteiger partial charge >= 0.3 is 5.97 Å². The van der Waals surface area contributed by atoms with E-state index in [0.29, 0.717) is 5.92 Å². The fourth-order valence-corrected chi connectivity index (χ4v) is 5.39. The molecule has 2 atom stereocenters. The van der Waals surface area contributed by atoms with Crippen LogP contribution in [0.5, 0.6) is 0 Å². The minimum Gasteiger partial charge on any atom is -0.478 e. The fraction of sp³-hybridized carbons (Fsp3) is 0.273. The summed E-state index contributed by atoms with van der Waals surface area (Å²) in [7, 11) is 1.85. The van der Waals surface area contributed by atoms with Crippen molar-refractivity contribution in [3.05, 3.63) is 112 Å². The van der Waals surface area contributed by atoms with Crippen molar-refractivity contribution >= 4 is 29.5 Å². The van der Waals surface area contributed by atoms with E-state index in [2.05, 4.69) is 85.6 Å². The van der Waals surface area contributed by atoms with Gasteiger partial charge in [-0.15, -0.1) is 0 Å². The van der Waals surface area contributed by atoms with E-state index < -0.39 is 5.97 Å². The van der Waals surface area contributed by atoms with Gasteiger partial charge in [0.1, 0.15) is 0 Å². The maximum absolute atomic E-state index is 11.0. The first-order valence-corrected chi connectivity index (χ1v) is 13.2. The number of allylic oxidation sites excluding steroid dienone is 1. The average molecular weight is 508 g/mol. The number of fused-ring (bicyclic) bond motifs is 1. The predicted octanol–water partition coefficient (Wildman–Crippen LogP) is 6.73. The number of hydrogen-bond acceptors (Lipinski definition) is 4. The molecule has 3 N–H and O–H groups in total. The zero-order chi connectivity index (χ0) is 27.2. The molecule has 1 heterocycles. The molecule has 38 heavy (non-hydrogen) atoms. The van der Waals surface area contributed by atoms with E-state index in [1.165, 1.54) is 34.7 Å². The number of nitrogens with one attached hydrogen (secondary N) is 2. The first-order chi connectivity index (χ1) is 18.3. The van der Waals surface area contributed by atoms with E-state index >= 15 is 0 Å². The lowest BCUT2D eigenvalue weighted by molar-refractivity contribution is -0.131. The van der Waals surface area contributed by atoms with E-state index in [1.54, 1.807) is 6.08 Å². The smallest absolute Gasteiger partial charge is 0.328 e. The molecule has 3 aromatic rings. The number of aliphatic carboxylic acids is 1. The molecule has 0 amide bonds. The van der Waals surface area contributed by atoms with Crippen LogP contribution in [0.15, 0.2) is 79.0 Å². The normalized spacial score (nSPS) is 17.5. The van der Waals surface area contributed by atoms with Crippen LogP contribution in [0.3, 0.4) is 0 Å². The van der Waals surface area contributed by atoms with Crippen molar-refractivity contribution in [2.75, 3.05) is 11.9 Å². The lowest BCUT2D eigenvalue weighted by atomic mass is 9.83. The summed E-state index contributed by atoms with van der Waals surface area (Å²) < 4.78 is 0. The summed E-state index contributed by atoms with van der Waals surface area (Å²) in [6, 6.07) is 23.9. The molecule has 0 saturated heterocycles. The highest BCUT2D eigenvalue weighted by Gasteiger charge is 2.33. The predicted molar refractivity (Wildman–Crippen MR) is 158 cm³/mol. The van der Waals surface area contributed by atoms with Crippen LogP contribution < -0.4 is 10.2 Å². The maximum atomic E-state index is 11.0.